The van der Waals surface area contributed by atoms with Crippen LogP contribution in [0.15, 0.2) is 35.4 Å². The van der Waals surface area contributed by atoms with E-state index in [0.717, 1.165) is 18.7 Å². The number of benzene rings is 1. The van der Waals surface area contributed by atoms with Crippen molar-refractivity contribution in [1.29, 1.82) is 0 Å². The van der Waals surface area contributed by atoms with E-state index in [1.807, 2.05) is 0 Å². The number of nitrogens with one attached hydrogen (secondary N) is 2. The number of aryl methyl sites for hydroxylation is 1. The van der Waals surface area contributed by atoms with Crippen molar-refractivity contribution in [2.75, 3.05) is 10.6 Å². The summed E-state index contributed by atoms with van der Waals surface area (Å²) in [5.41, 5.74) is 1.16. The van der Waals surface area contributed by atoms with Gasteiger partial charge in [0.1, 0.15) is 5.82 Å². The van der Waals surface area contributed by atoms with E-state index in [0.29, 0.717) is 23.2 Å². The second-order valence-electron chi connectivity index (χ2n) is 5.33. The van der Waals surface area contributed by atoms with Crippen molar-refractivity contribution in [2.24, 2.45) is 5.14 Å². The zero-order valence-corrected chi connectivity index (χ0v) is 12.9. The summed E-state index contributed by atoms with van der Waals surface area (Å²) in [6.45, 7) is 1.69. The third-order valence-corrected chi connectivity index (χ3v) is 4.39. The maximum atomic E-state index is 11.5. The highest BCUT2D eigenvalue weighted by Crippen LogP contribution is 2.25. The molecular weight excluding hydrogens is 302 g/mol. The minimum absolute atomic E-state index is 0.0877. The summed E-state index contributed by atoms with van der Waals surface area (Å²) in [7, 11) is -3.76. The van der Waals surface area contributed by atoms with E-state index in [2.05, 4.69) is 20.6 Å². The van der Waals surface area contributed by atoms with Crippen LogP contribution >= 0.6 is 0 Å². The van der Waals surface area contributed by atoms with Gasteiger partial charge in [-0.05, 0) is 43.5 Å². The van der Waals surface area contributed by atoms with Crippen LogP contribution in [0.3, 0.4) is 0 Å². The third kappa shape index (κ3) is 3.52. The Labute approximate surface area is 129 Å². The summed E-state index contributed by atoms with van der Waals surface area (Å²) in [4.78, 5) is 8.57. The van der Waals surface area contributed by atoms with Crippen molar-refractivity contribution in [2.45, 2.75) is 30.7 Å². The van der Waals surface area contributed by atoms with Crippen LogP contribution in [-0.4, -0.2) is 24.4 Å². The maximum absolute atomic E-state index is 11.5. The lowest BCUT2D eigenvalue weighted by Gasteiger charge is -2.10. The molecule has 0 bridgehead atoms. The lowest BCUT2D eigenvalue weighted by molar-refractivity contribution is 0.597. The molecule has 0 atom stereocenters. The number of primary sulfonamides is 1. The standard InChI is InChI=1S/C14H17N5O2S/c1-9-2-3-11(8-12(9)22(15,20)21)18-14-16-7-6-13(19-14)17-10-4-5-10/h2-3,6-8,10H,4-5H2,1H3,(H2,15,20,21)(H2,16,17,18,19). The molecule has 0 unspecified atom stereocenters. The van der Waals surface area contributed by atoms with E-state index < -0.39 is 10.0 Å². The van der Waals surface area contributed by atoms with Crippen LogP contribution in [0, 0.1) is 6.92 Å². The number of nitrogens with two attached hydrogens (primary N) is 1. The van der Waals surface area contributed by atoms with Gasteiger partial charge >= 0.3 is 0 Å². The Balaban J connectivity index is 1.83. The monoisotopic (exact) mass is 319 g/mol. The topological polar surface area (TPSA) is 110 Å². The summed E-state index contributed by atoms with van der Waals surface area (Å²) in [5, 5.41) is 11.5. The van der Waals surface area contributed by atoms with Crippen LogP contribution in [0.1, 0.15) is 18.4 Å². The van der Waals surface area contributed by atoms with Crippen molar-refractivity contribution in [3.05, 3.63) is 36.0 Å². The molecule has 1 aliphatic carbocycles. The highest BCUT2D eigenvalue weighted by molar-refractivity contribution is 7.89. The second kappa shape index (κ2) is 5.54. The molecule has 8 heteroatoms. The second-order valence-corrected chi connectivity index (χ2v) is 6.86. The van der Waals surface area contributed by atoms with E-state index in [1.54, 1.807) is 31.3 Å². The molecule has 4 N–H and O–H groups in total. The van der Waals surface area contributed by atoms with Gasteiger partial charge in [-0.15, -0.1) is 0 Å². The highest BCUT2D eigenvalue weighted by atomic mass is 32.2. The molecule has 0 amide bonds. The normalized spacial score (nSPS) is 14.6. The van der Waals surface area contributed by atoms with Crippen molar-refractivity contribution in [3.63, 3.8) is 0 Å². The Hall–Kier alpha value is -2.19. The molecule has 0 spiro atoms. The average Bonchev–Trinajstić information content (AvgIpc) is 3.24. The van der Waals surface area contributed by atoms with Gasteiger partial charge in [0.05, 0.1) is 4.90 Å². The van der Waals surface area contributed by atoms with Crippen LogP contribution in [-0.2, 0) is 10.0 Å². The fourth-order valence-electron chi connectivity index (χ4n) is 2.05. The molecule has 22 heavy (non-hydrogen) atoms. The molecule has 1 fully saturated rings. The summed E-state index contributed by atoms with van der Waals surface area (Å²) in [6.07, 6.45) is 3.96. The van der Waals surface area contributed by atoms with E-state index >= 15 is 0 Å². The summed E-state index contributed by atoms with van der Waals surface area (Å²) < 4.78 is 23.1. The Bertz CT molecular complexity index is 803. The number of hydrogen-bond acceptors (Lipinski definition) is 6. The van der Waals surface area contributed by atoms with Crippen molar-refractivity contribution in [1.82, 2.24) is 9.97 Å². The van der Waals surface area contributed by atoms with Crippen LogP contribution in [0.4, 0.5) is 17.5 Å². The number of aromatic nitrogens is 2. The number of sulfonamides is 1. The van der Waals surface area contributed by atoms with Crippen molar-refractivity contribution < 1.29 is 8.42 Å². The van der Waals surface area contributed by atoms with Gasteiger partial charge in [0.25, 0.3) is 0 Å². The quantitative estimate of drug-likeness (QED) is 0.774. The van der Waals surface area contributed by atoms with Gasteiger partial charge in [-0.1, -0.05) is 6.07 Å². The Kier molecular flexibility index (Phi) is 3.71. The van der Waals surface area contributed by atoms with Crippen molar-refractivity contribution in [3.8, 4) is 0 Å². The Morgan fingerprint density at radius 1 is 1.27 bits per heavy atom. The molecule has 3 rings (SSSR count). The number of nitrogens with zero attached hydrogens (tertiary/aromatic N) is 2. The van der Waals surface area contributed by atoms with Gasteiger partial charge in [0, 0.05) is 17.9 Å². The lowest BCUT2D eigenvalue weighted by Crippen LogP contribution is -2.14. The zero-order valence-electron chi connectivity index (χ0n) is 12.1. The lowest BCUT2D eigenvalue weighted by atomic mass is 10.2. The molecule has 7 nitrogen and oxygen atoms in total. The molecule has 1 aromatic carbocycles. The zero-order chi connectivity index (χ0) is 15.7. The SMILES string of the molecule is Cc1ccc(Nc2nccc(NC3CC3)n2)cc1S(N)(=O)=O. The fraction of sp³-hybridized carbons (Fsp3) is 0.286. The maximum Gasteiger partial charge on any atom is 0.238 e. The van der Waals surface area contributed by atoms with Crippen molar-refractivity contribution >= 4 is 27.5 Å². The molecule has 1 aromatic heterocycles. The molecule has 0 saturated heterocycles. The first-order valence-electron chi connectivity index (χ1n) is 6.92. The molecule has 2 aromatic rings. The summed E-state index contributed by atoms with van der Waals surface area (Å²) in [6, 6.07) is 7.22. The molecule has 1 heterocycles. The molecular formula is C14H17N5O2S. The minimum Gasteiger partial charge on any atom is -0.367 e. The predicted octanol–water partition coefficient (Wildman–Crippen LogP) is 1.75. The van der Waals surface area contributed by atoms with E-state index in [-0.39, 0.29) is 4.90 Å². The van der Waals surface area contributed by atoms with E-state index in [9.17, 15) is 8.42 Å². The Morgan fingerprint density at radius 2 is 2.05 bits per heavy atom. The number of rotatable bonds is 5. The predicted molar refractivity (Wildman–Crippen MR) is 84.5 cm³/mol. The minimum atomic E-state index is -3.76. The van der Waals surface area contributed by atoms with Crippen LogP contribution in [0.5, 0.6) is 0 Å². The average molecular weight is 319 g/mol. The van der Waals surface area contributed by atoms with Gasteiger partial charge in [-0.3, -0.25) is 0 Å². The molecule has 0 aliphatic heterocycles. The Morgan fingerprint density at radius 3 is 2.73 bits per heavy atom. The molecule has 0 radical (unpaired) electrons. The largest absolute Gasteiger partial charge is 0.367 e. The summed E-state index contributed by atoms with van der Waals surface area (Å²) in [5.74, 6) is 1.15. The fourth-order valence-corrected chi connectivity index (χ4v) is 2.86. The summed E-state index contributed by atoms with van der Waals surface area (Å²) >= 11 is 0. The van der Waals surface area contributed by atoms with E-state index in [1.165, 1.54) is 6.07 Å². The van der Waals surface area contributed by atoms with Crippen LogP contribution in [0.25, 0.3) is 0 Å². The van der Waals surface area contributed by atoms with Crippen LogP contribution in [0.2, 0.25) is 0 Å². The number of anilines is 3. The first-order chi connectivity index (χ1) is 10.4. The number of hydrogen-bond donors (Lipinski definition) is 3. The van der Waals surface area contributed by atoms with Gasteiger partial charge in [0.2, 0.25) is 16.0 Å². The molecule has 1 aliphatic rings. The molecule has 116 valence electrons. The van der Waals surface area contributed by atoms with Gasteiger partial charge < -0.3 is 10.6 Å². The highest BCUT2D eigenvalue weighted by Gasteiger charge is 2.21. The first kappa shape index (κ1) is 14.7. The van der Waals surface area contributed by atoms with E-state index in [4.69, 9.17) is 5.14 Å². The van der Waals surface area contributed by atoms with Gasteiger partial charge in [-0.2, -0.15) is 4.98 Å². The van der Waals surface area contributed by atoms with Crippen LogP contribution < -0.4 is 15.8 Å². The first-order valence-corrected chi connectivity index (χ1v) is 8.46. The third-order valence-electron chi connectivity index (χ3n) is 3.34. The van der Waals surface area contributed by atoms with Gasteiger partial charge in [0.15, 0.2) is 0 Å². The smallest absolute Gasteiger partial charge is 0.238 e. The van der Waals surface area contributed by atoms with Gasteiger partial charge in [-0.25, -0.2) is 18.5 Å². The molecule has 1 saturated carbocycles.